The molecule has 0 radical (unpaired) electrons. The summed E-state index contributed by atoms with van der Waals surface area (Å²) >= 11 is 0. The van der Waals surface area contributed by atoms with Crippen molar-refractivity contribution in [1.29, 1.82) is 0 Å². The molecular weight excluding hydrogens is 386 g/mol. The molecule has 30 heavy (non-hydrogen) atoms. The van der Waals surface area contributed by atoms with E-state index in [4.69, 9.17) is 9.47 Å². The van der Waals surface area contributed by atoms with Gasteiger partial charge in [0.2, 0.25) is 0 Å². The third kappa shape index (κ3) is 7.54. The number of rotatable bonds is 7. The highest BCUT2D eigenvalue weighted by atomic mass is 16.6. The van der Waals surface area contributed by atoms with E-state index >= 15 is 0 Å². The predicted octanol–water partition coefficient (Wildman–Crippen LogP) is 3.47. The Bertz CT molecular complexity index is 864. The van der Waals surface area contributed by atoms with Gasteiger partial charge in [-0.05, 0) is 44.5 Å². The van der Waals surface area contributed by atoms with Gasteiger partial charge in [-0.15, -0.1) is 0 Å². The van der Waals surface area contributed by atoms with Crippen molar-refractivity contribution in [3.05, 3.63) is 59.7 Å². The Morgan fingerprint density at radius 1 is 1.07 bits per heavy atom. The molecule has 1 atom stereocenters. The first-order chi connectivity index (χ1) is 14.2. The van der Waals surface area contributed by atoms with E-state index in [-0.39, 0.29) is 18.8 Å². The number of carbonyl (C=O) groups excluding carboxylic acids is 2. The summed E-state index contributed by atoms with van der Waals surface area (Å²) in [7, 11) is 1.54. The Morgan fingerprint density at radius 3 is 2.47 bits per heavy atom. The molecule has 0 fully saturated rings. The summed E-state index contributed by atoms with van der Waals surface area (Å²) in [6.07, 6.45) is -0.597. The van der Waals surface area contributed by atoms with Gasteiger partial charge in [0, 0.05) is 18.7 Å². The second-order valence-corrected chi connectivity index (χ2v) is 7.67. The summed E-state index contributed by atoms with van der Waals surface area (Å²) in [5, 5.41) is 17.8. The molecule has 0 saturated carbocycles. The highest BCUT2D eigenvalue weighted by Gasteiger charge is 2.23. The van der Waals surface area contributed by atoms with Crippen LogP contribution in [0.4, 0.5) is 9.59 Å². The van der Waals surface area contributed by atoms with Crippen molar-refractivity contribution in [2.24, 2.45) is 0 Å². The van der Waals surface area contributed by atoms with Gasteiger partial charge in [0.15, 0.2) is 0 Å². The van der Waals surface area contributed by atoms with Gasteiger partial charge in [0.1, 0.15) is 17.1 Å². The summed E-state index contributed by atoms with van der Waals surface area (Å²) < 4.78 is 10.7. The third-order valence-corrected chi connectivity index (χ3v) is 4.04. The Labute approximate surface area is 176 Å². The van der Waals surface area contributed by atoms with Gasteiger partial charge in [-0.25, -0.2) is 9.59 Å². The number of phenols is 1. The number of para-hydroxylation sites is 1. The van der Waals surface area contributed by atoms with Crippen molar-refractivity contribution in [3.8, 4) is 11.5 Å². The van der Waals surface area contributed by atoms with Crippen molar-refractivity contribution in [3.63, 3.8) is 0 Å². The molecule has 0 unspecified atom stereocenters. The summed E-state index contributed by atoms with van der Waals surface area (Å²) in [4.78, 5) is 24.5. The summed E-state index contributed by atoms with van der Waals surface area (Å²) in [6, 6.07) is 12.9. The van der Waals surface area contributed by atoms with Crippen LogP contribution in [-0.4, -0.2) is 36.5 Å². The number of amides is 3. The highest BCUT2D eigenvalue weighted by molar-refractivity contribution is 5.74. The van der Waals surface area contributed by atoms with Gasteiger partial charge in [-0.2, -0.15) is 0 Å². The number of hydrogen-bond acceptors (Lipinski definition) is 5. The topological polar surface area (TPSA) is 109 Å². The number of phenolic OH excluding ortho intramolecular Hbond substituents is 1. The summed E-state index contributed by atoms with van der Waals surface area (Å²) in [5.74, 6) is 0.716. The van der Waals surface area contributed by atoms with E-state index < -0.39 is 23.8 Å². The number of hydrogen-bond donors (Lipinski definition) is 4. The lowest BCUT2D eigenvalue weighted by atomic mass is 10.1. The molecule has 4 N–H and O–H groups in total. The van der Waals surface area contributed by atoms with Crippen molar-refractivity contribution < 1.29 is 24.2 Å². The highest BCUT2D eigenvalue weighted by Crippen LogP contribution is 2.25. The maximum absolute atomic E-state index is 12.3. The van der Waals surface area contributed by atoms with Crippen LogP contribution in [0.2, 0.25) is 0 Å². The lowest BCUT2D eigenvalue weighted by Gasteiger charge is -2.25. The zero-order chi connectivity index (χ0) is 22.1. The minimum absolute atomic E-state index is 0.117. The van der Waals surface area contributed by atoms with E-state index in [0.29, 0.717) is 11.3 Å². The second kappa shape index (κ2) is 10.4. The molecule has 162 valence electrons. The van der Waals surface area contributed by atoms with E-state index in [0.717, 1.165) is 5.56 Å². The fourth-order valence-corrected chi connectivity index (χ4v) is 2.75. The molecule has 0 aliphatic rings. The fraction of sp³-hybridized carbons (Fsp3) is 0.364. The monoisotopic (exact) mass is 415 g/mol. The summed E-state index contributed by atoms with van der Waals surface area (Å²) in [6.45, 7) is 5.69. The Balaban J connectivity index is 2.03. The average Bonchev–Trinajstić information content (AvgIpc) is 2.68. The minimum Gasteiger partial charge on any atom is -0.508 e. The zero-order valence-corrected chi connectivity index (χ0v) is 17.7. The van der Waals surface area contributed by atoms with Crippen LogP contribution >= 0.6 is 0 Å². The third-order valence-electron chi connectivity index (χ3n) is 4.04. The molecule has 0 aliphatic carbocycles. The van der Waals surface area contributed by atoms with E-state index in [1.807, 2.05) is 18.2 Å². The van der Waals surface area contributed by atoms with Gasteiger partial charge < -0.3 is 30.5 Å². The first kappa shape index (κ1) is 22.9. The van der Waals surface area contributed by atoms with Crippen LogP contribution in [0.15, 0.2) is 48.5 Å². The van der Waals surface area contributed by atoms with Gasteiger partial charge in [0.25, 0.3) is 0 Å². The normalized spacial score (nSPS) is 11.9. The number of benzene rings is 2. The first-order valence-electron chi connectivity index (χ1n) is 9.60. The number of carbonyl (C=O) groups is 2. The summed E-state index contributed by atoms with van der Waals surface area (Å²) in [5.41, 5.74) is 0.819. The van der Waals surface area contributed by atoms with E-state index in [1.165, 1.54) is 0 Å². The maximum Gasteiger partial charge on any atom is 0.408 e. The smallest absolute Gasteiger partial charge is 0.408 e. The van der Waals surface area contributed by atoms with Gasteiger partial charge in [0.05, 0.1) is 13.2 Å². The number of urea groups is 1. The number of nitrogens with one attached hydrogen (secondary N) is 3. The van der Waals surface area contributed by atoms with Crippen molar-refractivity contribution >= 4 is 12.1 Å². The van der Waals surface area contributed by atoms with Crippen LogP contribution in [0.5, 0.6) is 11.5 Å². The zero-order valence-electron chi connectivity index (χ0n) is 17.7. The lowest BCUT2D eigenvalue weighted by molar-refractivity contribution is 0.0503. The molecule has 2 rings (SSSR count). The maximum atomic E-state index is 12.3. The Kier molecular flexibility index (Phi) is 7.91. The SMILES string of the molecule is COc1ccccc1[C@@H](CNC(=O)NCc1cccc(O)c1)NC(=O)OC(C)(C)C. The first-order valence-corrected chi connectivity index (χ1v) is 9.60. The molecule has 0 saturated heterocycles. The molecule has 8 nitrogen and oxygen atoms in total. The van der Waals surface area contributed by atoms with E-state index in [9.17, 15) is 14.7 Å². The molecule has 2 aromatic carbocycles. The fourth-order valence-electron chi connectivity index (χ4n) is 2.75. The number of methoxy groups -OCH3 is 1. The Hall–Kier alpha value is -3.42. The number of ether oxygens (including phenoxy) is 2. The van der Waals surface area contributed by atoms with E-state index in [2.05, 4.69) is 16.0 Å². The van der Waals surface area contributed by atoms with Gasteiger partial charge in [-0.1, -0.05) is 30.3 Å². The van der Waals surface area contributed by atoms with Crippen LogP contribution in [0.3, 0.4) is 0 Å². The quantitative estimate of drug-likeness (QED) is 0.554. The van der Waals surface area contributed by atoms with Crippen LogP contribution in [-0.2, 0) is 11.3 Å². The molecule has 0 aromatic heterocycles. The largest absolute Gasteiger partial charge is 0.508 e. The standard InChI is InChI=1S/C22H29N3O5/c1-22(2,3)30-21(28)25-18(17-10-5-6-11-19(17)29-4)14-24-20(27)23-13-15-8-7-9-16(26)12-15/h5-12,18,26H,13-14H2,1-4H3,(H,25,28)(H2,23,24,27)/t18-/m1/s1. The van der Waals surface area contributed by atoms with Crippen molar-refractivity contribution in [1.82, 2.24) is 16.0 Å². The molecular formula is C22H29N3O5. The lowest BCUT2D eigenvalue weighted by Crippen LogP contribution is -2.43. The molecule has 0 aliphatic heterocycles. The number of alkyl carbamates (subject to hydrolysis) is 1. The van der Waals surface area contributed by atoms with Crippen LogP contribution in [0, 0.1) is 0 Å². The molecule has 3 amide bonds. The predicted molar refractivity (Wildman–Crippen MR) is 113 cm³/mol. The van der Waals surface area contributed by atoms with E-state index in [1.54, 1.807) is 58.2 Å². The van der Waals surface area contributed by atoms with Crippen LogP contribution in [0.25, 0.3) is 0 Å². The Morgan fingerprint density at radius 2 is 1.80 bits per heavy atom. The van der Waals surface area contributed by atoms with Crippen molar-refractivity contribution in [2.45, 2.75) is 39.0 Å². The van der Waals surface area contributed by atoms with Crippen LogP contribution in [0.1, 0.15) is 37.9 Å². The van der Waals surface area contributed by atoms with Gasteiger partial charge >= 0.3 is 12.1 Å². The molecule has 0 spiro atoms. The van der Waals surface area contributed by atoms with Crippen LogP contribution < -0.4 is 20.7 Å². The molecule has 0 heterocycles. The second-order valence-electron chi connectivity index (χ2n) is 7.67. The number of aromatic hydroxyl groups is 1. The minimum atomic E-state index is -0.651. The molecule has 0 bridgehead atoms. The average molecular weight is 415 g/mol. The van der Waals surface area contributed by atoms with Gasteiger partial charge in [-0.3, -0.25) is 0 Å². The molecule has 8 heteroatoms. The molecule has 2 aromatic rings. The van der Waals surface area contributed by atoms with Crippen molar-refractivity contribution in [2.75, 3.05) is 13.7 Å².